The average molecular weight is 472 g/mol. The lowest BCUT2D eigenvalue weighted by molar-refractivity contribution is -0.158. The molecule has 0 spiro atoms. The van der Waals surface area contributed by atoms with Crippen LogP contribution in [0, 0.1) is 0 Å². The Balaban J connectivity index is 1.34. The minimum absolute atomic E-state index is 0.293. The van der Waals surface area contributed by atoms with E-state index in [0.717, 1.165) is 49.4 Å². The number of rotatable bonds is 9. The van der Waals surface area contributed by atoms with E-state index in [2.05, 4.69) is 4.57 Å². The normalized spacial score (nSPS) is 15.5. The second kappa shape index (κ2) is 9.47. The molecule has 2 aromatic carbocycles. The van der Waals surface area contributed by atoms with Gasteiger partial charge in [0.1, 0.15) is 11.5 Å². The van der Waals surface area contributed by atoms with E-state index < -0.39 is 15.7 Å². The number of fused-ring (bicyclic) bond motifs is 1. The Morgan fingerprint density at radius 3 is 2.39 bits per heavy atom. The first-order valence-corrected chi connectivity index (χ1v) is 12.9. The van der Waals surface area contributed by atoms with Crippen LogP contribution in [0.1, 0.15) is 37.7 Å². The molecule has 0 atom stereocenters. The number of esters is 1. The van der Waals surface area contributed by atoms with Gasteiger partial charge in [-0.15, -0.1) is 0 Å². The number of hydrogen-bond acceptors (Lipinski definition) is 6. The van der Waals surface area contributed by atoms with Crippen LogP contribution >= 0.6 is 0 Å². The number of nitrogens with zero attached hydrogens (tertiary/aromatic N) is 1. The predicted octanol–water partition coefficient (Wildman–Crippen LogP) is 4.48. The highest BCUT2D eigenvalue weighted by atomic mass is 32.2. The number of benzene rings is 2. The smallest absolute Gasteiger partial charge is 0.350 e. The summed E-state index contributed by atoms with van der Waals surface area (Å²) in [7, 11) is -2.13. The Morgan fingerprint density at radius 2 is 1.73 bits per heavy atom. The fourth-order valence-electron chi connectivity index (χ4n) is 4.48. The molecule has 8 heteroatoms. The molecule has 0 amide bonds. The highest BCUT2D eigenvalue weighted by Crippen LogP contribution is 2.35. The molecule has 3 aromatic rings. The molecule has 1 fully saturated rings. The number of aromatic nitrogens is 1. The summed E-state index contributed by atoms with van der Waals surface area (Å²) in [5.41, 5.74) is 1.38. The molecule has 0 N–H and O–H groups in total. The van der Waals surface area contributed by atoms with Crippen LogP contribution in [0.15, 0.2) is 54.7 Å². The maximum atomic E-state index is 12.3. The predicted molar refractivity (Wildman–Crippen MR) is 126 cm³/mol. The van der Waals surface area contributed by atoms with Crippen LogP contribution in [0.25, 0.3) is 10.9 Å². The van der Waals surface area contributed by atoms with Crippen molar-refractivity contribution in [3.63, 3.8) is 0 Å². The van der Waals surface area contributed by atoms with Gasteiger partial charge in [-0.05, 0) is 80.5 Å². The van der Waals surface area contributed by atoms with E-state index in [4.69, 9.17) is 13.7 Å². The van der Waals surface area contributed by atoms with Crippen molar-refractivity contribution in [2.75, 3.05) is 13.4 Å². The highest BCUT2D eigenvalue weighted by Gasteiger charge is 2.44. The first-order valence-electron chi connectivity index (χ1n) is 11.1. The van der Waals surface area contributed by atoms with Gasteiger partial charge >= 0.3 is 16.1 Å². The van der Waals surface area contributed by atoms with E-state index in [-0.39, 0.29) is 5.97 Å². The van der Waals surface area contributed by atoms with Crippen LogP contribution in [0.4, 0.5) is 0 Å². The SMILES string of the molecule is COC(=O)C1(Oc2ccc(CCCn3ccc4cc(OS(C)(=O)=O)ccc43)cc2)CCCC1. The van der Waals surface area contributed by atoms with Crippen LogP contribution in [0.3, 0.4) is 0 Å². The molecule has 33 heavy (non-hydrogen) atoms. The fourth-order valence-corrected chi connectivity index (χ4v) is 4.94. The van der Waals surface area contributed by atoms with Crippen molar-refractivity contribution in [3.8, 4) is 11.5 Å². The van der Waals surface area contributed by atoms with Crippen molar-refractivity contribution in [2.45, 2.75) is 50.7 Å². The van der Waals surface area contributed by atoms with Crippen molar-refractivity contribution in [3.05, 3.63) is 60.3 Å². The van der Waals surface area contributed by atoms with E-state index in [1.807, 2.05) is 42.6 Å². The molecule has 176 valence electrons. The topological polar surface area (TPSA) is 83.8 Å². The number of carbonyl (C=O) groups is 1. The zero-order valence-electron chi connectivity index (χ0n) is 19.0. The molecule has 0 saturated heterocycles. The second-order valence-corrected chi connectivity index (χ2v) is 10.1. The number of hydrogen-bond donors (Lipinski definition) is 0. The lowest BCUT2D eigenvalue weighted by Gasteiger charge is -2.27. The summed E-state index contributed by atoms with van der Waals surface area (Å²) in [6.07, 6.45) is 8.19. The standard InChI is InChI=1S/C25H29NO6S/c1-30-24(27)25(14-3-4-15-25)31-21-9-7-19(8-10-21)6-5-16-26-17-13-20-18-22(11-12-23(20)26)32-33(2,28)29/h7-13,17-18H,3-6,14-16H2,1-2H3. The van der Waals surface area contributed by atoms with Crippen molar-refractivity contribution in [1.82, 2.24) is 4.57 Å². The van der Waals surface area contributed by atoms with Gasteiger partial charge in [0.15, 0.2) is 0 Å². The minimum Gasteiger partial charge on any atom is -0.476 e. The Bertz CT molecular complexity index is 1220. The molecule has 1 aliphatic rings. The number of methoxy groups -OCH3 is 1. The van der Waals surface area contributed by atoms with Crippen LogP contribution in [-0.2, 0) is 32.6 Å². The number of ether oxygens (including phenoxy) is 2. The van der Waals surface area contributed by atoms with Gasteiger partial charge in [0, 0.05) is 23.6 Å². The van der Waals surface area contributed by atoms with E-state index >= 15 is 0 Å². The third-order valence-electron chi connectivity index (χ3n) is 6.06. The Labute approximate surface area is 194 Å². The molecule has 1 saturated carbocycles. The number of aryl methyl sites for hydroxylation is 2. The number of carbonyl (C=O) groups excluding carboxylic acids is 1. The summed E-state index contributed by atoms with van der Waals surface area (Å²) < 4.78 is 40.8. The largest absolute Gasteiger partial charge is 0.476 e. The molecule has 1 aliphatic carbocycles. The maximum Gasteiger partial charge on any atom is 0.350 e. The molecule has 7 nitrogen and oxygen atoms in total. The van der Waals surface area contributed by atoms with Gasteiger partial charge in [0.05, 0.1) is 13.4 Å². The van der Waals surface area contributed by atoms with Gasteiger partial charge < -0.3 is 18.2 Å². The summed E-state index contributed by atoms with van der Waals surface area (Å²) >= 11 is 0. The van der Waals surface area contributed by atoms with Gasteiger partial charge in [0.25, 0.3) is 0 Å². The van der Waals surface area contributed by atoms with Crippen molar-refractivity contribution in [1.29, 1.82) is 0 Å². The molecular weight excluding hydrogens is 442 g/mol. The summed E-state index contributed by atoms with van der Waals surface area (Å²) in [5.74, 6) is 0.712. The maximum absolute atomic E-state index is 12.3. The highest BCUT2D eigenvalue weighted by molar-refractivity contribution is 7.86. The monoisotopic (exact) mass is 471 g/mol. The zero-order valence-corrected chi connectivity index (χ0v) is 19.8. The fraction of sp³-hybridized carbons (Fsp3) is 0.400. The van der Waals surface area contributed by atoms with E-state index in [1.54, 1.807) is 12.1 Å². The van der Waals surface area contributed by atoms with Gasteiger partial charge in [-0.3, -0.25) is 0 Å². The third-order valence-corrected chi connectivity index (χ3v) is 6.55. The lowest BCUT2D eigenvalue weighted by Crippen LogP contribution is -2.42. The Hall–Kier alpha value is -3.00. The molecule has 1 aromatic heterocycles. The van der Waals surface area contributed by atoms with Gasteiger partial charge in [-0.2, -0.15) is 8.42 Å². The molecule has 0 bridgehead atoms. The summed E-state index contributed by atoms with van der Waals surface area (Å²) in [6, 6.07) is 15.2. The van der Waals surface area contributed by atoms with Crippen LogP contribution in [-0.4, -0.2) is 37.9 Å². The molecule has 0 radical (unpaired) electrons. The van der Waals surface area contributed by atoms with Gasteiger partial charge in [-0.25, -0.2) is 4.79 Å². The quantitative estimate of drug-likeness (QED) is 0.338. The van der Waals surface area contributed by atoms with E-state index in [9.17, 15) is 13.2 Å². The van der Waals surface area contributed by atoms with Crippen molar-refractivity contribution >= 4 is 27.0 Å². The first-order chi connectivity index (χ1) is 15.8. The molecule has 4 rings (SSSR count). The first kappa shape index (κ1) is 23.2. The van der Waals surface area contributed by atoms with Gasteiger partial charge in [-0.1, -0.05) is 12.1 Å². The summed E-state index contributed by atoms with van der Waals surface area (Å²) in [4.78, 5) is 12.3. The van der Waals surface area contributed by atoms with E-state index in [1.165, 1.54) is 12.7 Å². The summed E-state index contributed by atoms with van der Waals surface area (Å²) in [6.45, 7) is 0.833. The average Bonchev–Trinajstić information content (AvgIpc) is 3.41. The second-order valence-electron chi connectivity index (χ2n) is 8.56. The van der Waals surface area contributed by atoms with Crippen LogP contribution in [0.2, 0.25) is 0 Å². The van der Waals surface area contributed by atoms with E-state index in [0.29, 0.717) is 24.3 Å². The molecular formula is C25H29NO6S. The zero-order chi connectivity index (χ0) is 23.5. The van der Waals surface area contributed by atoms with Crippen molar-refractivity contribution in [2.24, 2.45) is 0 Å². The van der Waals surface area contributed by atoms with Crippen molar-refractivity contribution < 1.29 is 26.9 Å². The van der Waals surface area contributed by atoms with Crippen LogP contribution in [0.5, 0.6) is 11.5 Å². The minimum atomic E-state index is -3.54. The Morgan fingerprint density at radius 1 is 1.03 bits per heavy atom. The molecule has 0 aliphatic heterocycles. The molecule has 0 unspecified atom stereocenters. The van der Waals surface area contributed by atoms with Gasteiger partial charge in [0.2, 0.25) is 5.60 Å². The lowest BCUT2D eigenvalue weighted by atomic mass is 10.0. The van der Waals surface area contributed by atoms with Crippen LogP contribution < -0.4 is 8.92 Å². The third kappa shape index (κ3) is 5.50. The summed E-state index contributed by atoms with van der Waals surface area (Å²) in [5, 5.41) is 0.934. The molecule has 1 heterocycles. The Kier molecular flexibility index (Phi) is 6.65.